The van der Waals surface area contributed by atoms with Crippen molar-refractivity contribution in [1.82, 2.24) is 0 Å². The molecule has 14 heteroatoms. The van der Waals surface area contributed by atoms with E-state index in [0.717, 1.165) is 0 Å². The standard InChI is InChI=1S/C38H38N5O6P3/c1-41-51(46-35-19-11-5-12-20-35,47-37-27-23-31(39)24-28-37)43-52(48-36-21-13-6-14-22-36,49-38-29-25-32(40)26-30-38)42-50(2,44-33-15-7-3-8-16-33)45-34-17-9-4-10-18-34/h3-30H,39-40H2,1-2H3. The summed E-state index contributed by atoms with van der Waals surface area (Å²) >= 11 is 0. The molecule has 6 aromatic rings. The topological polar surface area (TPSA) is 145 Å². The third-order valence-corrected chi connectivity index (χ3v) is 14.3. The van der Waals surface area contributed by atoms with Crippen molar-refractivity contribution in [2.45, 2.75) is 0 Å². The minimum absolute atomic E-state index is 0.360. The van der Waals surface area contributed by atoms with Gasteiger partial charge in [0.05, 0.1) is 0 Å². The minimum Gasteiger partial charge on any atom is -0.430 e. The first-order valence-electron chi connectivity index (χ1n) is 16.1. The fourth-order valence-electron chi connectivity index (χ4n) is 4.61. The number of para-hydroxylation sites is 4. The van der Waals surface area contributed by atoms with Crippen LogP contribution in [0.5, 0.6) is 34.5 Å². The molecule has 0 fully saturated rings. The van der Waals surface area contributed by atoms with Gasteiger partial charge in [0.25, 0.3) is 0 Å². The van der Waals surface area contributed by atoms with Gasteiger partial charge in [0.15, 0.2) is 0 Å². The van der Waals surface area contributed by atoms with E-state index in [1.54, 1.807) is 86.5 Å². The number of hydrogen-bond acceptors (Lipinski definition) is 9. The molecule has 0 saturated carbocycles. The molecule has 0 aliphatic rings. The van der Waals surface area contributed by atoms with Gasteiger partial charge in [-0.25, -0.2) is 4.74 Å². The maximum atomic E-state index is 6.84. The average Bonchev–Trinajstić information content (AvgIpc) is 3.15. The first kappa shape index (κ1) is 36.2. The first-order valence-corrected chi connectivity index (χ1v) is 21.2. The Morgan fingerprint density at radius 3 is 0.981 bits per heavy atom. The molecule has 0 radical (unpaired) electrons. The van der Waals surface area contributed by atoms with Gasteiger partial charge in [0.2, 0.25) is 0 Å². The highest BCUT2D eigenvalue weighted by Gasteiger charge is 2.39. The van der Waals surface area contributed by atoms with Gasteiger partial charge in [-0.05, 0) is 97.1 Å². The zero-order valence-corrected chi connectivity index (χ0v) is 31.1. The molecule has 0 aliphatic carbocycles. The molecular weight excluding hydrogens is 715 g/mol. The molecule has 52 heavy (non-hydrogen) atoms. The third-order valence-electron chi connectivity index (χ3n) is 6.93. The predicted octanol–water partition coefficient (Wildman–Crippen LogP) is 11.8. The summed E-state index contributed by atoms with van der Waals surface area (Å²) in [7, 11) is -9.75. The number of benzene rings is 6. The molecular formula is C38H38N5O6P3. The Bertz CT molecular complexity index is 2170. The molecule has 6 rings (SSSR count). The highest BCUT2D eigenvalue weighted by atomic mass is 31.3. The lowest BCUT2D eigenvalue weighted by atomic mass is 10.3. The molecule has 0 heterocycles. The highest BCUT2D eigenvalue weighted by molar-refractivity contribution is 7.72. The summed E-state index contributed by atoms with van der Waals surface area (Å²) in [6.07, 6.45) is 0. The van der Waals surface area contributed by atoms with Crippen molar-refractivity contribution in [3.05, 3.63) is 170 Å². The summed E-state index contributed by atoms with van der Waals surface area (Å²) in [5.41, 5.74) is 13.2. The second-order valence-electron chi connectivity index (χ2n) is 11.1. The Labute approximate surface area is 303 Å². The van der Waals surface area contributed by atoms with Crippen LogP contribution in [0.4, 0.5) is 11.4 Å². The fourth-order valence-corrected chi connectivity index (χ4v) is 12.2. The number of nitrogens with two attached hydrogens (primary N) is 2. The summed E-state index contributed by atoms with van der Waals surface area (Å²) in [6, 6.07) is 50.4. The molecule has 4 N–H and O–H groups in total. The quantitative estimate of drug-likeness (QED) is 0.0826. The molecule has 2 atom stereocenters. The Morgan fingerprint density at radius 1 is 0.365 bits per heavy atom. The number of anilines is 2. The van der Waals surface area contributed by atoms with Crippen LogP contribution in [0.25, 0.3) is 0 Å². The number of rotatable bonds is 14. The second kappa shape index (κ2) is 16.6. The first-order chi connectivity index (χ1) is 25.2. The number of nitrogen functional groups attached to an aromatic ring is 2. The van der Waals surface area contributed by atoms with Gasteiger partial charge in [-0.15, -0.1) is 4.52 Å². The van der Waals surface area contributed by atoms with Crippen molar-refractivity contribution in [2.75, 3.05) is 25.2 Å². The maximum Gasteiger partial charge on any atom is 0.459 e. The van der Waals surface area contributed by atoms with Gasteiger partial charge in [-0.2, -0.15) is 0 Å². The van der Waals surface area contributed by atoms with E-state index in [1.165, 1.54) is 0 Å². The lowest BCUT2D eigenvalue weighted by Gasteiger charge is -2.29. The maximum absolute atomic E-state index is 6.84. The smallest absolute Gasteiger partial charge is 0.430 e. The van der Waals surface area contributed by atoms with E-state index in [2.05, 4.69) is 0 Å². The van der Waals surface area contributed by atoms with Crippen molar-refractivity contribution in [3.8, 4) is 34.5 Å². The molecule has 0 bridgehead atoms. The lowest BCUT2D eigenvalue weighted by Crippen LogP contribution is -2.07. The monoisotopic (exact) mass is 753 g/mol. The van der Waals surface area contributed by atoms with Crippen LogP contribution in [0.1, 0.15) is 0 Å². The van der Waals surface area contributed by atoms with Gasteiger partial charge in [-0.1, -0.05) is 77.3 Å². The van der Waals surface area contributed by atoms with Gasteiger partial charge in [-0.3, -0.25) is 0 Å². The zero-order chi connectivity index (χ0) is 36.3. The average molecular weight is 754 g/mol. The number of nitrogens with zero attached hydrogens (tertiary/aromatic N) is 3. The van der Waals surface area contributed by atoms with Crippen LogP contribution >= 0.6 is 22.8 Å². The highest BCUT2D eigenvalue weighted by Crippen LogP contribution is 2.70. The molecule has 2 unspecified atom stereocenters. The molecule has 0 saturated heterocycles. The number of hydrogen-bond donors (Lipinski definition) is 2. The van der Waals surface area contributed by atoms with Crippen LogP contribution in [0.2, 0.25) is 0 Å². The van der Waals surface area contributed by atoms with Crippen molar-refractivity contribution < 1.29 is 27.1 Å². The van der Waals surface area contributed by atoms with E-state index in [0.29, 0.717) is 45.9 Å². The van der Waals surface area contributed by atoms with E-state index in [-0.39, 0.29) is 0 Å². The SMILES string of the molecule is CN=P(N=P(N=P(C)(Oc1ccccc1)Oc1ccccc1)(Oc1ccccc1)Oc1ccc(N)cc1)(Oc1ccccc1)Oc1ccc(N)cc1. The van der Waals surface area contributed by atoms with Crippen molar-refractivity contribution >= 4 is 34.2 Å². The summed E-state index contributed by atoms with van der Waals surface area (Å²) in [5.74, 6) is 2.65. The van der Waals surface area contributed by atoms with Crippen molar-refractivity contribution in [3.63, 3.8) is 0 Å². The Kier molecular flexibility index (Phi) is 11.6. The van der Waals surface area contributed by atoms with E-state index in [9.17, 15) is 0 Å². The largest absolute Gasteiger partial charge is 0.459 e. The van der Waals surface area contributed by atoms with Crippen molar-refractivity contribution in [1.29, 1.82) is 0 Å². The predicted molar refractivity (Wildman–Crippen MR) is 211 cm³/mol. The van der Waals surface area contributed by atoms with Crippen LogP contribution in [-0.4, -0.2) is 13.7 Å². The van der Waals surface area contributed by atoms with Crippen LogP contribution in [-0.2, 0) is 0 Å². The van der Waals surface area contributed by atoms with Crippen LogP contribution < -0.4 is 38.6 Å². The van der Waals surface area contributed by atoms with Gasteiger partial charge in [0.1, 0.15) is 34.5 Å². The van der Waals surface area contributed by atoms with Crippen molar-refractivity contribution in [2.24, 2.45) is 13.8 Å². The molecule has 11 nitrogen and oxygen atoms in total. The summed E-state index contributed by atoms with van der Waals surface area (Å²) in [5, 5.41) is 0. The molecule has 6 aromatic carbocycles. The van der Waals surface area contributed by atoms with Gasteiger partial charge >= 0.3 is 22.8 Å². The fraction of sp³-hybridized carbons (Fsp3) is 0.0526. The van der Waals surface area contributed by atoms with Crippen LogP contribution in [0.15, 0.2) is 184 Å². The van der Waals surface area contributed by atoms with Crippen LogP contribution in [0.3, 0.4) is 0 Å². The minimum atomic E-state index is -4.08. The van der Waals surface area contributed by atoms with E-state index in [4.69, 9.17) is 52.4 Å². The lowest BCUT2D eigenvalue weighted by molar-refractivity contribution is 0.455. The molecule has 0 aromatic heterocycles. The molecule has 0 aliphatic heterocycles. The Morgan fingerprint density at radius 2 is 0.654 bits per heavy atom. The van der Waals surface area contributed by atoms with Gasteiger partial charge < -0.3 is 38.6 Å². The van der Waals surface area contributed by atoms with E-state index < -0.39 is 22.8 Å². The van der Waals surface area contributed by atoms with E-state index in [1.807, 2.05) is 97.1 Å². The molecule has 0 spiro atoms. The summed E-state index contributed by atoms with van der Waals surface area (Å²) in [4.78, 5) is 0. The summed E-state index contributed by atoms with van der Waals surface area (Å²) in [6.45, 7) is 1.76. The van der Waals surface area contributed by atoms with Gasteiger partial charge in [0, 0.05) is 25.1 Å². The Hall–Kier alpha value is -5.59. The second-order valence-corrected chi connectivity index (χ2v) is 17.6. The normalized spacial score (nSPS) is 13.3. The third kappa shape index (κ3) is 10.0. The van der Waals surface area contributed by atoms with Crippen LogP contribution in [0, 0.1) is 0 Å². The summed E-state index contributed by atoms with van der Waals surface area (Å²) < 4.78 is 55.5. The zero-order valence-electron chi connectivity index (χ0n) is 28.5. The van der Waals surface area contributed by atoms with E-state index >= 15 is 0 Å². The molecule has 0 amide bonds. The Balaban J connectivity index is 1.67. The molecule has 266 valence electrons.